The number of nitrogens with one attached hydrogen (secondary N) is 2. The summed E-state index contributed by atoms with van der Waals surface area (Å²) in [4.78, 5) is 22.9. The molecule has 7 heteroatoms. The summed E-state index contributed by atoms with van der Waals surface area (Å²) in [5, 5.41) is 24.6. The predicted octanol–water partition coefficient (Wildman–Crippen LogP) is 2.19. The van der Waals surface area contributed by atoms with Gasteiger partial charge in [0.25, 0.3) is 0 Å². The van der Waals surface area contributed by atoms with Gasteiger partial charge in [-0.2, -0.15) is 0 Å². The van der Waals surface area contributed by atoms with Crippen LogP contribution in [0.5, 0.6) is 0 Å². The second-order valence-corrected chi connectivity index (χ2v) is 6.29. The monoisotopic (exact) mass is 338 g/mol. The molecule has 0 heterocycles. The molecule has 1 aromatic carbocycles. The van der Waals surface area contributed by atoms with Gasteiger partial charge in [0, 0.05) is 6.04 Å². The Morgan fingerprint density at radius 3 is 2.50 bits per heavy atom. The number of carboxylic acid groups (broad SMARTS) is 1. The third-order valence-corrected chi connectivity index (χ3v) is 4.43. The summed E-state index contributed by atoms with van der Waals surface area (Å²) in [5.41, 5.74) is 0.393. The Morgan fingerprint density at radius 1 is 1.25 bits per heavy atom. The average molecular weight is 338 g/mol. The minimum absolute atomic E-state index is 0.0703. The molecule has 0 aromatic heterocycles. The standard InChI is InChI=1S/C17H23FN2O4/c1-10(15(21)12-3-2-4-13(18)9-12)19-17(24)20-14-7-5-11(6-8-14)16(22)23/h2-4,9-11,14-15,21H,5-8H2,1H3,(H,22,23)(H2,19,20,24). The number of hydrogen-bond acceptors (Lipinski definition) is 3. The first-order valence-electron chi connectivity index (χ1n) is 8.10. The molecule has 24 heavy (non-hydrogen) atoms. The quantitative estimate of drug-likeness (QED) is 0.661. The summed E-state index contributed by atoms with van der Waals surface area (Å²) in [7, 11) is 0. The highest BCUT2D eigenvalue weighted by molar-refractivity contribution is 5.74. The number of urea groups is 1. The van der Waals surface area contributed by atoms with Gasteiger partial charge in [-0.15, -0.1) is 0 Å². The third kappa shape index (κ3) is 4.92. The number of aliphatic hydroxyl groups excluding tert-OH is 1. The molecule has 0 spiro atoms. The second-order valence-electron chi connectivity index (χ2n) is 6.29. The molecule has 0 saturated heterocycles. The minimum atomic E-state index is -1.02. The maximum Gasteiger partial charge on any atom is 0.315 e. The lowest BCUT2D eigenvalue weighted by Crippen LogP contribution is -2.48. The predicted molar refractivity (Wildman–Crippen MR) is 85.9 cm³/mol. The van der Waals surface area contributed by atoms with Gasteiger partial charge in [0.05, 0.1) is 18.1 Å². The van der Waals surface area contributed by atoms with Crippen LogP contribution in [0, 0.1) is 11.7 Å². The number of halogens is 1. The van der Waals surface area contributed by atoms with Crippen molar-refractivity contribution in [3.05, 3.63) is 35.6 Å². The number of benzene rings is 1. The van der Waals surface area contributed by atoms with Crippen molar-refractivity contribution in [1.29, 1.82) is 0 Å². The van der Waals surface area contributed by atoms with Crippen LogP contribution >= 0.6 is 0 Å². The molecule has 1 fully saturated rings. The number of carbonyl (C=O) groups excluding carboxylic acids is 1. The first kappa shape index (κ1) is 18.2. The van der Waals surface area contributed by atoms with Gasteiger partial charge in [0.2, 0.25) is 0 Å². The fraction of sp³-hybridized carbons (Fsp3) is 0.529. The number of carbonyl (C=O) groups is 2. The van der Waals surface area contributed by atoms with Gasteiger partial charge in [-0.3, -0.25) is 4.79 Å². The molecular weight excluding hydrogens is 315 g/mol. The van der Waals surface area contributed by atoms with E-state index in [0.717, 1.165) is 0 Å². The van der Waals surface area contributed by atoms with Gasteiger partial charge in [0.15, 0.2) is 0 Å². The molecule has 1 aliphatic carbocycles. The Kier molecular flexibility index (Phi) is 6.14. The number of amides is 2. The number of aliphatic hydroxyl groups is 1. The van der Waals surface area contributed by atoms with E-state index in [1.165, 1.54) is 18.2 Å². The summed E-state index contributed by atoms with van der Waals surface area (Å²) in [6, 6.07) is 4.53. The van der Waals surface area contributed by atoms with Crippen molar-refractivity contribution in [2.24, 2.45) is 5.92 Å². The zero-order valence-electron chi connectivity index (χ0n) is 13.5. The third-order valence-electron chi connectivity index (χ3n) is 4.43. The fourth-order valence-corrected chi connectivity index (χ4v) is 2.98. The molecule has 1 aromatic rings. The van der Waals surface area contributed by atoms with Crippen LogP contribution in [0.3, 0.4) is 0 Å². The van der Waals surface area contributed by atoms with E-state index in [-0.39, 0.29) is 12.0 Å². The van der Waals surface area contributed by atoms with Gasteiger partial charge < -0.3 is 20.8 Å². The number of rotatable bonds is 5. The van der Waals surface area contributed by atoms with Crippen molar-refractivity contribution in [2.75, 3.05) is 0 Å². The van der Waals surface area contributed by atoms with Crippen molar-refractivity contribution < 1.29 is 24.2 Å². The minimum Gasteiger partial charge on any atom is -0.481 e. The molecular formula is C17H23FN2O4. The zero-order valence-corrected chi connectivity index (χ0v) is 13.5. The van der Waals surface area contributed by atoms with Crippen LogP contribution < -0.4 is 10.6 Å². The highest BCUT2D eigenvalue weighted by Crippen LogP contribution is 2.24. The molecule has 2 unspecified atom stereocenters. The van der Waals surface area contributed by atoms with Crippen LogP contribution in [0.25, 0.3) is 0 Å². The van der Waals surface area contributed by atoms with Crippen LogP contribution in [0.2, 0.25) is 0 Å². The van der Waals surface area contributed by atoms with E-state index >= 15 is 0 Å². The van der Waals surface area contributed by atoms with Crippen molar-refractivity contribution in [3.63, 3.8) is 0 Å². The van der Waals surface area contributed by atoms with E-state index in [2.05, 4.69) is 10.6 Å². The smallest absolute Gasteiger partial charge is 0.315 e. The van der Waals surface area contributed by atoms with Crippen LogP contribution in [0.1, 0.15) is 44.3 Å². The van der Waals surface area contributed by atoms with Gasteiger partial charge in [-0.05, 0) is 50.3 Å². The first-order chi connectivity index (χ1) is 11.4. The Bertz CT molecular complexity index is 588. The van der Waals surface area contributed by atoms with Crippen molar-refractivity contribution in [1.82, 2.24) is 10.6 Å². The van der Waals surface area contributed by atoms with E-state index in [0.29, 0.717) is 31.2 Å². The Balaban J connectivity index is 1.80. The van der Waals surface area contributed by atoms with Crippen LogP contribution in [0.15, 0.2) is 24.3 Å². The van der Waals surface area contributed by atoms with Gasteiger partial charge in [-0.25, -0.2) is 9.18 Å². The summed E-state index contributed by atoms with van der Waals surface area (Å²) in [6.07, 6.45) is 1.30. The highest BCUT2D eigenvalue weighted by atomic mass is 19.1. The largest absolute Gasteiger partial charge is 0.481 e. The fourth-order valence-electron chi connectivity index (χ4n) is 2.98. The summed E-state index contributed by atoms with van der Waals surface area (Å²) >= 11 is 0. The summed E-state index contributed by atoms with van der Waals surface area (Å²) < 4.78 is 13.2. The number of hydrogen-bond donors (Lipinski definition) is 4. The lowest BCUT2D eigenvalue weighted by Gasteiger charge is -2.28. The van der Waals surface area contributed by atoms with E-state index in [4.69, 9.17) is 5.11 Å². The molecule has 4 N–H and O–H groups in total. The molecule has 0 radical (unpaired) electrons. The second kappa shape index (κ2) is 8.10. The van der Waals surface area contributed by atoms with Crippen molar-refractivity contribution >= 4 is 12.0 Å². The molecule has 1 aliphatic rings. The Labute approximate surface area is 140 Å². The van der Waals surface area contributed by atoms with Crippen molar-refractivity contribution in [3.8, 4) is 0 Å². The Morgan fingerprint density at radius 2 is 1.92 bits per heavy atom. The van der Waals surface area contributed by atoms with Gasteiger partial charge in [0.1, 0.15) is 5.82 Å². The SMILES string of the molecule is CC(NC(=O)NC1CCC(C(=O)O)CC1)C(O)c1cccc(F)c1. The summed E-state index contributed by atoms with van der Waals surface area (Å²) in [5.74, 6) is -1.57. The number of aliphatic carboxylic acids is 1. The van der Waals surface area contributed by atoms with Gasteiger partial charge in [-0.1, -0.05) is 12.1 Å². The van der Waals surface area contributed by atoms with Crippen LogP contribution in [0.4, 0.5) is 9.18 Å². The van der Waals surface area contributed by atoms with Crippen LogP contribution in [-0.4, -0.2) is 34.3 Å². The lowest BCUT2D eigenvalue weighted by molar-refractivity contribution is -0.142. The molecule has 0 aliphatic heterocycles. The molecule has 2 rings (SSSR count). The first-order valence-corrected chi connectivity index (χ1v) is 8.10. The van der Waals surface area contributed by atoms with E-state index in [9.17, 15) is 19.1 Å². The summed E-state index contributed by atoms with van der Waals surface area (Å²) in [6.45, 7) is 1.64. The maximum absolute atomic E-state index is 13.2. The molecule has 6 nitrogen and oxygen atoms in total. The van der Waals surface area contributed by atoms with E-state index in [1.54, 1.807) is 13.0 Å². The molecule has 2 atom stereocenters. The molecule has 0 bridgehead atoms. The average Bonchev–Trinajstić information content (AvgIpc) is 2.54. The van der Waals surface area contributed by atoms with Gasteiger partial charge >= 0.3 is 12.0 Å². The van der Waals surface area contributed by atoms with E-state index in [1.807, 2.05) is 0 Å². The normalized spacial score (nSPS) is 23.1. The zero-order chi connectivity index (χ0) is 17.7. The topological polar surface area (TPSA) is 98.7 Å². The molecule has 132 valence electrons. The van der Waals surface area contributed by atoms with Crippen molar-refractivity contribution in [2.45, 2.75) is 50.8 Å². The van der Waals surface area contributed by atoms with Crippen LogP contribution in [-0.2, 0) is 4.79 Å². The molecule has 1 saturated carbocycles. The Hall–Kier alpha value is -2.15. The lowest BCUT2D eigenvalue weighted by atomic mass is 9.86. The number of carboxylic acids is 1. The molecule has 2 amide bonds. The maximum atomic E-state index is 13.2. The highest BCUT2D eigenvalue weighted by Gasteiger charge is 2.27. The van der Waals surface area contributed by atoms with E-state index < -0.39 is 30.0 Å².